The van der Waals surface area contributed by atoms with Gasteiger partial charge in [-0.2, -0.15) is 0 Å². The highest BCUT2D eigenvalue weighted by molar-refractivity contribution is 6.35. The molecule has 140 valence electrons. The van der Waals surface area contributed by atoms with Crippen molar-refractivity contribution in [3.8, 4) is 5.69 Å². The minimum Gasteiger partial charge on any atom is -0.379 e. The fraction of sp³-hybridized carbons (Fsp3) is 0.412. The molecule has 9 heteroatoms. The predicted molar refractivity (Wildman–Crippen MR) is 100 cm³/mol. The van der Waals surface area contributed by atoms with Crippen LogP contribution in [0.3, 0.4) is 0 Å². The molecular formula is C17H20Cl2N4O3. The topological polar surface area (TPSA) is 68.6 Å². The number of urea groups is 1. The van der Waals surface area contributed by atoms with E-state index in [4.69, 9.17) is 32.7 Å². The van der Waals surface area contributed by atoms with Crippen molar-refractivity contribution in [3.05, 3.63) is 40.5 Å². The molecular weight excluding hydrogens is 379 g/mol. The van der Waals surface area contributed by atoms with Gasteiger partial charge in [-0.3, -0.25) is 5.32 Å². The van der Waals surface area contributed by atoms with Crippen molar-refractivity contribution >= 4 is 35.1 Å². The fourth-order valence-corrected chi connectivity index (χ4v) is 3.13. The molecule has 2 heterocycles. The lowest BCUT2D eigenvalue weighted by atomic mass is 10.3. The number of carbonyl (C=O) groups is 1. The quantitative estimate of drug-likeness (QED) is 0.837. The molecule has 1 atom stereocenters. The molecule has 0 radical (unpaired) electrons. The third-order valence-corrected chi connectivity index (χ3v) is 4.45. The molecule has 3 rings (SSSR count). The van der Waals surface area contributed by atoms with E-state index in [1.165, 1.54) is 0 Å². The average Bonchev–Trinajstić information content (AvgIpc) is 3.08. The Hall–Kier alpha value is -1.80. The van der Waals surface area contributed by atoms with Crippen LogP contribution in [0.1, 0.15) is 6.92 Å². The molecule has 2 amide bonds. The number of morpholine rings is 1. The molecule has 1 saturated heterocycles. The number of rotatable bonds is 5. The average molecular weight is 399 g/mol. The maximum absolute atomic E-state index is 12.5. The third-order valence-electron chi connectivity index (χ3n) is 3.91. The number of carbonyl (C=O) groups excluding carboxylic acids is 1. The van der Waals surface area contributed by atoms with Crippen molar-refractivity contribution < 1.29 is 14.3 Å². The van der Waals surface area contributed by atoms with Gasteiger partial charge in [-0.15, -0.1) is 5.10 Å². The van der Waals surface area contributed by atoms with Crippen LogP contribution < -0.4 is 5.32 Å². The Bertz CT molecular complexity index is 768. The molecule has 1 unspecified atom stereocenters. The van der Waals surface area contributed by atoms with Crippen LogP contribution in [-0.4, -0.2) is 59.7 Å². The number of nitrogens with zero attached hydrogens (tertiary/aromatic N) is 3. The minimum atomic E-state index is -0.220. The number of hydrogen-bond donors (Lipinski definition) is 1. The van der Waals surface area contributed by atoms with Crippen molar-refractivity contribution in [1.82, 2.24) is 14.7 Å². The van der Waals surface area contributed by atoms with Crippen LogP contribution >= 0.6 is 23.2 Å². The molecule has 0 saturated carbocycles. The molecule has 0 bridgehead atoms. The second-order valence-electron chi connectivity index (χ2n) is 5.77. The first-order valence-corrected chi connectivity index (χ1v) is 9.08. The highest BCUT2D eigenvalue weighted by Crippen LogP contribution is 2.24. The van der Waals surface area contributed by atoms with Crippen molar-refractivity contribution in [2.75, 3.05) is 38.2 Å². The molecule has 26 heavy (non-hydrogen) atoms. The molecule has 2 aromatic rings. The highest BCUT2D eigenvalue weighted by Gasteiger charge is 2.24. The number of anilines is 1. The van der Waals surface area contributed by atoms with Crippen LogP contribution in [0, 0.1) is 0 Å². The van der Waals surface area contributed by atoms with Gasteiger partial charge in [0.15, 0.2) is 5.82 Å². The molecule has 0 aliphatic carbocycles. The van der Waals surface area contributed by atoms with Gasteiger partial charge in [0.2, 0.25) is 0 Å². The summed E-state index contributed by atoms with van der Waals surface area (Å²) in [6, 6.07) is 6.63. The van der Waals surface area contributed by atoms with Crippen molar-refractivity contribution in [2.45, 2.75) is 13.0 Å². The number of benzene rings is 1. The highest BCUT2D eigenvalue weighted by atomic mass is 35.5. The van der Waals surface area contributed by atoms with E-state index in [2.05, 4.69) is 10.4 Å². The number of halogens is 2. The van der Waals surface area contributed by atoms with Gasteiger partial charge >= 0.3 is 6.03 Å². The molecule has 1 aliphatic rings. The van der Waals surface area contributed by atoms with E-state index in [1.54, 1.807) is 40.0 Å². The molecule has 0 spiro atoms. The van der Waals surface area contributed by atoms with E-state index >= 15 is 0 Å². The maximum atomic E-state index is 12.5. The van der Waals surface area contributed by atoms with Gasteiger partial charge in [-0.25, -0.2) is 9.48 Å². The Kier molecular flexibility index (Phi) is 6.37. The van der Waals surface area contributed by atoms with Crippen molar-refractivity contribution in [2.24, 2.45) is 0 Å². The van der Waals surface area contributed by atoms with Gasteiger partial charge in [0.1, 0.15) is 0 Å². The monoisotopic (exact) mass is 398 g/mol. The summed E-state index contributed by atoms with van der Waals surface area (Å²) in [6.07, 6.45) is 1.61. The Morgan fingerprint density at radius 1 is 1.42 bits per heavy atom. The van der Waals surface area contributed by atoms with Gasteiger partial charge in [0, 0.05) is 30.4 Å². The van der Waals surface area contributed by atoms with Crippen LogP contribution in [0.15, 0.2) is 30.5 Å². The number of aromatic nitrogens is 2. The summed E-state index contributed by atoms with van der Waals surface area (Å²) in [5.74, 6) is 0.439. The van der Waals surface area contributed by atoms with Crippen LogP contribution in [0.4, 0.5) is 10.6 Å². The second kappa shape index (κ2) is 8.73. The van der Waals surface area contributed by atoms with Gasteiger partial charge in [0.25, 0.3) is 0 Å². The Morgan fingerprint density at radius 2 is 2.27 bits per heavy atom. The summed E-state index contributed by atoms with van der Waals surface area (Å²) in [5.41, 5.74) is 0.680. The van der Waals surface area contributed by atoms with E-state index in [0.29, 0.717) is 54.5 Å². The zero-order chi connectivity index (χ0) is 18.5. The normalized spacial score (nSPS) is 17.3. The zero-order valence-corrected chi connectivity index (χ0v) is 15.8. The van der Waals surface area contributed by atoms with Crippen molar-refractivity contribution in [1.29, 1.82) is 0 Å². The summed E-state index contributed by atoms with van der Waals surface area (Å²) in [4.78, 5) is 14.2. The van der Waals surface area contributed by atoms with Gasteiger partial charge in [-0.05, 0) is 25.1 Å². The van der Waals surface area contributed by atoms with Gasteiger partial charge < -0.3 is 14.4 Å². The summed E-state index contributed by atoms with van der Waals surface area (Å²) < 4.78 is 12.6. The lowest BCUT2D eigenvalue weighted by Crippen LogP contribution is -2.48. The Balaban J connectivity index is 1.62. The minimum absolute atomic E-state index is 0.111. The first kappa shape index (κ1) is 19.0. The summed E-state index contributed by atoms with van der Waals surface area (Å²) >= 11 is 12.1. The lowest BCUT2D eigenvalue weighted by molar-refractivity contribution is -0.0555. The smallest absolute Gasteiger partial charge is 0.323 e. The third kappa shape index (κ3) is 4.67. The Morgan fingerprint density at radius 3 is 3.04 bits per heavy atom. The van der Waals surface area contributed by atoms with Gasteiger partial charge in [0.05, 0.1) is 36.6 Å². The van der Waals surface area contributed by atoms with E-state index in [1.807, 2.05) is 6.92 Å². The molecule has 1 aromatic heterocycles. The molecule has 1 aromatic carbocycles. The number of nitrogens with one attached hydrogen (secondary N) is 1. The fourth-order valence-electron chi connectivity index (χ4n) is 2.63. The zero-order valence-electron chi connectivity index (χ0n) is 14.3. The van der Waals surface area contributed by atoms with Crippen LogP contribution in [0.2, 0.25) is 10.0 Å². The maximum Gasteiger partial charge on any atom is 0.323 e. The molecule has 1 N–H and O–H groups in total. The SMILES string of the molecule is CCOCC1CN(C(=O)Nc2ccn(-c3ccc(Cl)cc3Cl)n2)CCO1. The molecule has 1 fully saturated rings. The van der Waals surface area contributed by atoms with Crippen LogP contribution in [0.5, 0.6) is 0 Å². The second-order valence-corrected chi connectivity index (χ2v) is 6.61. The standard InChI is InChI=1S/C17H20Cl2N4O3/c1-2-25-11-13-10-22(7-8-26-13)17(24)20-16-5-6-23(21-16)15-4-3-12(18)9-14(15)19/h3-6,9,13H,2,7-8,10-11H2,1H3,(H,20,21,24). The van der Waals surface area contributed by atoms with E-state index in [0.717, 1.165) is 0 Å². The van der Waals surface area contributed by atoms with Crippen LogP contribution in [-0.2, 0) is 9.47 Å². The number of ether oxygens (including phenoxy) is 2. The summed E-state index contributed by atoms with van der Waals surface area (Å²) in [5, 5.41) is 8.17. The largest absolute Gasteiger partial charge is 0.379 e. The first-order valence-electron chi connectivity index (χ1n) is 8.33. The summed E-state index contributed by atoms with van der Waals surface area (Å²) in [6.45, 7) is 4.52. The molecule has 7 nitrogen and oxygen atoms in total. The Labute approximate surface area is 161 Å². The van der Waals surface area contributed by atoms with E-state index in [-0.39, 0.29) is 12.1 Å². The molecule has 1 aliphatic heterocycles. The summed E-state index contributed by atoms with van der Waals surface area (Å²) in [7, 11) is 0. The first-order chi connectivity index (χ1) is 12.6. The number of hydrogen-bond acceptors (Lipinski definition) is 4. The number of amides is 2. The van der Waals surface area contributed by atoms with E-state index in [9.17, 15) is 4.79 Å². The van der Waals surface area contributed by atoms with Crippen molar-refractivity contribution in [3.63, 3.8) is 0 Å². The lowest BCUT2D eigenvalue weighted by Gasteiger charge is -2.32. The van der Waals surface area contributed by atoms with Crippen LogP contribution in [0.25, 0.3) is 5.69 Å². The van der Waals surface area contributed by atoms with E-state index < -0.39 is 0 Å². The predicted octanol–water partition coefficient (Wildman–Crippen LogP) is 3.45. The van der Waals surface area contributed by atoms with Gasteiger partial charge in [-0.1, -0.05) is 23.2 Å².